The molecule has 0 spiro atoms. The molecule has 0 N–H and O–H groups in total. The highest BCUT2D eigenvalue weighted by Gasteiger charge is 2.38. The molecule has 1 aromatic heterocycles. The average Bonchev–Trinajstić information content (AvgIpc) is 2.42. The van der Waals surface area contributed by atoms with Crippen molar-refractivity contribution in [2.75, 3.05) is 0 Å². The Labute approximate surface area is 98.8 Å². The van der Waals surface area contributed by atoms with E-state index in [9.17, 15) is 13.2 Å². The molecule has 0 amide bonds. The van der Waals surface area contributed by atoms with Crippen LogP contribution in [-0.4, -0.2) is 9.55 Å². The van der Waals surface area contributed by atoms with E-state index in [1.54, 1.807) is 4.57 Å². The lowest BCUT2D eigenvalue weighted by atomic mass is 9.90. The highest BCUT2D eigenvalue weighted by Crippen LogP contribution is 2.38. The molecule has 1 saturated carbocycles. The first kappa shape index (κ1) is 12.5. The van der Waals surface area contributed by atoms with Gasteiger partial charge in [0, 0.05) is 17.7 Å². The van der Waals surface area contributed by atoms with Crippen LogP contribution in [0.1, 0.15) is 57.6 Å². The quantitative estimate of drug-likeness (QED) is 0.734. The topological polar surface area (TPSA) is 17.8 Å². The van der Waals surface area contributed by atoms with Crippen molar-refractivity contribution in [1.82, 2.24) is 9.55 Å². The van der Waals surface area contributed by atoms with E-state index in [1.165, 1.54) is 6.20 Å². The average molecular weight is 246 g/mol. The van der Waals surface area contributed by atoms with Crippen molar-refractivity contribution in [3.05, 3.63) is 17.7 Å². The number of imidazole rings is 1. The molecule has 0 bridgehead atoms. The Bertz CT molecular complexity index is 408. The van der Waals surface area contributed by atoms with Crippen LogP contribution in [0.3, 0.4) is 0 Å². The number of halogens is 3. The van der Waals surface area contributed by atoms with E-state index >= 15 is 0 Å². The van der Waals surface area contributed by atoms with E-state index in [4.69, 9.17) is 0 Å². The number of rotatable bonds is 1. The Morgan fingerprint density at radius 3 is 2.18 bits per heavy atom. The molecule has 0 saturated heterocycles. The maximum absolute atomic E-state index is 12.7. The fraction of sp³-hybridized carbons (Fsp3) is 0.750. The third-order valence-electron chi connectivity index (χ3n) is 3.16. The zero-order valence-corrected chi connectivity index (χ0v) is 10.3. The summed E-state index contributed by atoms with van der Waals surface area (Å²) >= 11 is 0. The molecule has 0 unspecified atom stereocenters. The predicted molar refractivity (Wildman–Crippen MR) is 58.8 cm³/mol. The van der Waals surface area contributed by atoms with E-state index in [2.05, 4.69) is 4.98 Å². The van der Waals surface area contributed by atoms with Gasteiger partial charge in [0.05, 0.1) is 0 Å². The van der Waals surface area contributed by atoms with Gasteiger partial charge in [0.25, 0.3) is 0 Å². The highest BCUT2D eigenvalue weighted by molar-refractivity contribution is 5.15. The predicted octanol–water partition coefficient (Wildman–Crippen LogP) is 3.92. The fourth-order valence-electron chi connectivity index (χ4n) is 2.03. The first-order valence-electron chi connectivity index (χ1n) is 5.86. The zero-order valence-electron chi connectivity index (χ0n) is 10.3. The van der Waals surface area contributed by atoms with Crippen molar-refractivity contribution in [3.8, 4) is 0 Å². The van der Waals surface area contributed by atoms with E-state index in [-0.39, 0.29) is 11.5 Å². The van der Waals surface area contributed by atoms with E-state index < -0.39 is 11.9 Å². The molecule has 0 aromatic carbocycles. The molecule has 5 heteroatoms. The number of aromatic nitrogens is 2. The first-order valence-corrected chi connectivity index (χ1v) is 5.86. The maximum Gasteiger partial charge on any atom is 0.434 e. The van der Waals surface area contributed by atoms with Gasteiger partial charge in [0.1, 0.15) is 5.82 Å². The van der Waals surface area contributed by atoms with Gasteiger partial charge >= 0.3 is 6.18 Å². The lowest BCUT2D eigenvalue weighted by Crippen LogP contribution is -2.25. The van der Waals surface area contributed by atoms with Crippen LogP contribution in [0.4, 0.5) is 13.2 Å². The molecular weight excluding hydrogens is 229 g/mol. The summed E-state index contributed by atoms with van der Waals surface area (Å²) in [6.45, 7) is 5.68. The van der Waals surface area contributed by atoms with E-state index in [0.717, 1.165) is 19.3 Å². The Balaban J connectivity index is 2.44. The van der Waals surface area contributed by atoms with Gasteiger partial charge in [-0.15, -0.1) is 0 Å². The summed E-state index contributed by atoms with van der Waals surface area (Å²) in [5.41, 5.74) is -1.13. The molecule has 2 nitrogen and oxygen atoms in total. The monoisotopic (exact) mass is 246 g/mol. The van der Waals surface area contributed by atoms with Gasteiger partial charge in [-0.1, -0.05) is 20.8 Å². The Morgan fingerprint density at radius 2 is 1.82 bits per heavy atom. The van der Waals surface area contributed by atoms with Gasteiger partial charge in [-0.05, 0) is 19.3 Å². The summed E-state index contributed by atoms with van der Waals surface area (Å²) in [7, 11) is 0. The minimum atomic E-state index is -4.35. The van der Waals surface area contributed by atoms with Crippen molar-refractivity contribution >= 4 is 0 Å². The number of hydrogen-bond acceptors (Lipinski definition) is 1. The molecule has 2 rings (SSSR count). The first-order chi connectivity index (χ1) is 7.69. The fourth-order valence-corrected chi connectivity index (χ4v) is 2.03. The molecule has 17 heavy (non-hydrogen) atoms. The van der Waals surface area contributed by atoms with Crippen molar-refractivity contribution in [3.63, 3.8) is 0 Å². The van der Waals surface area contributed by atoms with Crippen LogP contribution in [0.25, 0.3) is 0 Å². The van der Waals surface area contributed by atoms with Gasteiger partial charge in [0.2, 0.25) is 0 Å². The smallest absolute Gasteiger partial charge is 0.331 e. The van der Waals surface area contributed by atoms with Gasteiger partial charge in [-0.2, -0.15) is 13.2 Å². The summed E-state index contributed by atoms with van der Waals surface area (Å²) in [5.74, 6) is 0.537. The van der Waals surface area contributed by atoms with Crippen molar-refractivity contribution in [2.45, 2.75) is 57.7 Å². The third-order valence-corrected chi connectivity index (χ3v) is 3.16. The Kier molecular flexibility index (Phi) is 2.75. The molecule has 1 heterocycles. The maximum atomic E-state index is 12.7. The molecule has 96 valence electrons. The van der Waals surface area contributed by atoms with Crippen LogP contribution in [0, 0.1) is 0 Å². The SMILES string of the molecule is CC(C)(C)c1nc(C(F)(F)F)cn1C1CCC1. The van der Waals surface area contributed by atoms with E-state index in [0.29, 0.717) is 5.82 Å². The molecule has 0 atom stereocenters. The Morgan fingerprint density at radius 1 is 1.24 bits per heavy atom. The second-order valence-electron chi connectivity index (χ2n) is 5.69. The lowest BCUT2D eigenvalue weighted by Gasteiger charge is -2.31. The zero-order chi connectivity index (χ0) is 12.8. The van der Waals surface area contributed by atoms with Crippen molar-refractivity contribution in [2.24, 2.45) is 0 Å². The van der Waals surface area contributed by atoms with E-state index in [1.807, 2.05) is 20.8 Å². The third kappa shape index (κ3) is 2.33. The molecule has 1 aliphatic rings. The number of nitrogens with zero attached hydrogens (tertiary/aromatic N) is 2. The summed E-state index contributed by atoms with van der Waals surface area (Å²) in [5, 5.41) is 0. The van der Waals surface area contributed by atoms with Crippen LogP contribution in [0.2, 0.25) is 0 Å². The summed E-state index contributed by atoms with van der Waals surface area (Å²) in [6.07, 6.45) is -0.180. The van der Waals surface area contributed by atoms with Crippen molar-refractivity contribution in [1.29, 1.82) is 0 Å². The van der Waals surface area contributed by atoms with Crippen LogP contribution in [0.15, 0.2) is 6.20 Å². The van der Waals surface area contributed by atoms with Crippen LogP contribution < -0.4 is 0 Å². The molecular formula is C12H17F3N2. The molecule has 0 radical (unpaired) electrons. The summed E-state index contributed by atoms with van der Waals surface area (Å²) in [6, 6.07) is 0.202. The number of alkyl halides is 3. The largest absolute Gasteiger partial charge is 0.434 e. The van der Waals surface area contributed by atoms with Gasteiger partial charge in [0.15, 0.2) is 5.69 Å². The second-order valence-corrected chi connectivity index (χ2v) is 5.69. The molecule has 0 aliphatic heterocycles. The Hall–Kier alpha value is -1.00. The minimum Gasteiger partial charge on any atom is -0.331 e. The van der Waals surface area contributed by atoms with Crippen LogP contribution in [-0.2, 0) is 11.6 Å². The molecule has 1 fully saturated rings. The molecule has 1 aliphatic carbocycles. The number of hydrogen-bond donors (Lipinski definition) is 0. The van der Waals surface area contributed by atoms with Crippen LogP contribution >= 0.6 is 0 Å². The van der Waals surface area contributed by atoms with Gasteiger partial charge < -0.3 is 4.57 Å². The van der Waals surface area contributed by atoms with Crippen LogP contribution in [0.5, 0.6) is 0 Å². The summed E-state index contributed by atoms with van der Waals surface area (Å²) < 4.78 is 39.8. The lowest BCUT2D eigenvalue weighted by molar-refractivity contribution is -0.141. The normalized spacial score (nSPS) is 18.2. The van der Waals surface area contributed by atoms with Gasteiger partial charge in [-0.25, -0.2) is 4.98 Å². The molecule has 1 aromatic rings. The highest BCUT2D eigenvalue weighted by atomic mass is 19.4. The second kappa shape index (κ2) is 3.75. The van der Waals surface area contributed by atoms with Gasteiger partial charge in [-0.3, -0.25) is 0 Å². The standard InChI is InChI=1S/C12H17F3N2/c1-11(2,3)10-16-9(12(13,14)15)7-17(10)8-5-4-6-8/h7-8H,4-6H2,1-3H3. The minimum absolute atomic E-state index is 0.202. The summed E-state index contributed by atoms with van der Waals surface area (Å²) in [4.78, 5) is 3.79. The van der Waals surface area contributed by atoms with Crippen molar-refractivity contribution < 1.29 is 13.2 Å².